The van der Waals surface area contributed by atoms with Gasteiger partial charge in [-0.15, -0.1) is 0 Å². The minimum absolute atomic E-state index is 1.05. The summed E-state index contributed by atoms with van der Waals surface area (Å²) in [6.45, 7) is 4.27. The van der Waals surface area contributed by atoms with E-state index in [1.165, 1.54) is 38.3 Å². The van der Waals surface area contributed by atoms with Crippen LogP contribution in [-0.2, 0) is 0 Å². The van der Waals surface area contributed by atoms with Gasteiger partial charge in [0.15, 0.2) is 0 Å². The van der Waals surface area contributed by atoms with Crippen LogP contribution in [0.15, 0.2) is 60.7 Å². The summed E-state index contributed by atoms with van der Waals surface area (Å²) in [5.41, 5.74) is 7.01. The average Bonchev–Trinajstić information content (AvgIpc) is 2.96. The van der Waals surface area contributed by atoms with E-state index in [-0.39, 0.29) is 0 Å². The Morgan fingerprint density at radius 2 is 1.57 bits per heavy atom. The molecule has 2 heteroatoms. The van der Waals surface area contributed by atoms with Crippen molar-refractivity contribution in [3.05, 3.63) is 71.8 Å². The summed E-state index contributed by atoms with van der Waals surface area (Å²) in [6, 6.07) is 21.7. The molecule has 2 aromatic heterocycles. The highest BCUT2D eigenvalue weighted by Crippen LogP contribution is 2.33. The Morgan fingerprint density at radius 3 is 2.48 bits per heavy atom. The smallest absolute Gasteiger partial charge is 0.146 e. The molecular formula is C21H16N2. The molecule has 110 valence electrons. The standard InChI is InChI=1S/C21H16N2/c1-13-10-11-15-16-7-3-4-8-18(16)23-19-9-5-6-14(2)20(19)22-21(23)17(15)12-13/h3-12H,1-2H3. The summed E-state index contributed by atoms with van der Waals surface area (Å²) in [6.07, 6.45) is 0. The normalized spacial score (nSPS) is 11.9. The molecule has 0 amide bonds. The first-order valence-electron chi connectivity index (χ1n) is 7.93. The van der Waals surface area contributed by atoms with Gasteiger partial charge in [0.25, 0.3) is 0 Å². The van der Waals surface area contributed by atoms with Crippen molar-refractivity contribution in [2.24, 2.45) is 0 Å². The molecule has 0 bridgehead atoms. The number of imidazole rings is 1. The highest BCUT2D eigenvalue weighted by atomic mass is 15.0. The molecule has 0 spiro atoms. The van der Waals surface area contributed by atoms with Gasteiger partial charge >= 0.3 is 0 Å². The molecule has 0 unspecified atom stereocenters. The summed E-state index contributed by atoms with van der Waals surface area (Å²) in [5.74, 6) is 0. The molecule has 2 nitrogen and oxygen atoms in total. The Labute approximate surface area is 134 Å². The molecular weight excluding hydrogens is 280 g/mol. The van der Waals surface area contributed by atoms with Gasteiger partial charge in [-0.05, 0) is 43.0 Å². The first kappa shape index (κ1) is 12.7. The fraction of sp³-hybridized carbons (Fsp3) is 0.0952. The zero-order valence-corrected chi connectivity index (χ0v) is 13.2. The summed E-state index contributed by atoms with van der Waals surface area (Å²) >= 11 is 0. The van der Waals surface area contributed by atoms with Gasteiger partial charge in [0.2, 0.25) is 0 Å². The lowest BCUT2D eigenvalue weighted by Crippen LogP contribution is -1.91. The maximum absolute atomic E-state index is 5.00. The zero-order valence-electron chi connectivity index (χ0n) is 13.2. The van der Waals surface area contributed by atoms with Crippen molar-refractivity contribution in [2.45, 2.75) is 13.8 Å². The second-order valence-corrected chi connectivity index (χ2v) is 6.28. The third kappa shape index (κ3) is 1.61. The van der Waals surface area contributed by atoms with Gasteiger partial charge in [-0.25, -0.2) is 4.98 Å². The Morgan fingerprint density at radius 1 is 0.739 bits per heavy atom. The van der Waals surface area contributed by atoms with E-state index in [2.05, 4.69) is 78.9 Å². The molecule has 2 heterocycles. The topological polar surface area (TPSA) is 17.3 Å². The third-order valence-corrected chi connectivity index (χ3v) is 4.74. The minimum Gasteiger partial charge on any atom is -0.292 e. The Balaban J connectivity index is 2.22. The molecule has 0 aliphatic heterocycles. The summed E-state index contributed by atoms with van der Waals surface area (Å²) in [7, 11) is 0. The maximum atomic E-state index is 5.00. The molecule has 0 N–H and O–H groups in total. The Bertz CT molecular complexity index is 1230. The molecule has 5 rings (SSSR count). The van der Waals surface area contributed by atoms with E-state index < -0.39 is 0 Å². The number of aromatic nitrogens is 2. The Kier molecular flexibility index (Phi) is 2.38. The van der Waals surface area contributed by atoms with Crippen molar-refractivity contribution in [3.8, 4) is 0 Å². The largest absolute Gasteiger partial charge is 0.292 e. The van der Waals surface area contributed by atoms with Crippen LogP contribution in [0.1, 0.15) is 11.1 Å². The van der Waals surface area contributed by atoms with Gasteiger partial charge in [0.1, 0.15) is 5.65 Å². The first-order valence-corrected chi connectivity index (χ1v) is 7.93. The third-order valence-electron chi connectivity index (χ3n) is 4.74. The fourth-order valence-corrected chi connectivity index (χ4v) is 3.64. The minimum atomic E-state index is 1.05. The van der Waals surface area contributed by atoms with Crippen LogP contribution in [-0.4, -0.2) is 9.38 Å². The van der Waals surface area contributed by atoms with Crippen LogP contribution in [0.4, 0.5) is 0 Å². The maximum Gasteiger partial charge on any atom is 0.146 e. The van der Waals surface area contributed by atoms with Gasteiger partial charge in [-0.2, -0.15) is 0 Å². The first-order chi connectivity index (χ1) is 11.2. The van der Waals surface area contributed by atoms with Gasteiger partial charge in [-0.3, -0.25) is 4.40 Å². The van der Waals surface area contributed by atoms with Crippen LogP contribution in [0.5, 0.6) is 0 Å². The van der Waals surface area contributed by atoms with Gasteiger partial charge in [-0.1, -0.05) is 48.0 Å². The molecule has 0 aliphatic carbocycles. The molecule has 0 radical (unpaired) electrons. The van der Waals surface area contributed by atoms with Crippen molar-refractivity contribution < 1.29 is 0 Å². The molecule has 23 heavy (non-hydrogen) atoms. The van der Waals surface area contributed by atoms with Crippen molar-refractivity contribution in [2.75, 3.05) is 0 Å². The van der Waals surface area contributed by atoms with E-state index in [1.807, 2.05) is 0 Å². The van der Waals surface area contributed by atoms with Crippen LogP contribution >= 0.6 is 0 Å². The van der Waals surface area contributed by atoms with E-state index in [0.717, 1.165) is 11.2 Å². The predicted molar refractivity (Wildman–Crippen MR) is 97.2 cm³/mol. The highest BCUT2D eigenvalue weighted by Gasteiger charge is 2.14. The zero-order chi connectivity index (χ0) is 15.6. The fourth-order valence-electron chi connectivity index (χ4n) is 3.64. The van der Waals surface area contributed by atoms with Crippen LogP contribution in [0.25, 0.3) is 38.4 Å². The molecule has 0 saturated heterocycles. The lowest BCUT2D eigenvalue weighted by molar-refractivity contribution is 1.31. The number of benzene rings is 3. The number of hydrogen-bond donors (Lipinski definition) is 0. The SMILES string of the molecule is Cc1ccc2c3ccccc3n3c4cccc(C)c4nc3c2c1. The van der Waals surface area contributed by atoms with Crippen molar-refractivity contribution in [3.63, 3.8) is 0 Å². The predicted octanol–water partition coefficient (Wildman–Crippen LogP) is 5.41. The number of hydrogen-bond acceptors (Lipinski definition) is 1. The van der Waals surface area contributed by atoms with Gasteiger partial charge in [0, 0.05) is 10.8 Å². The number of nitrogens with zero attached hydrogens (tertiary/aromatic N) is 2. The van der Waals surface area contributed by atoms with E-state index >= 15 is 0 Å². The van der Waals surface area contributed by atoms with E-state index in [4.69, 9.17) is 4.98 Å². The second kappa shape index (κ2) is 4.32. The van der Waals surface area contributed by atoms with Gasteiger partial charge < -0.3 is 0 Å². The monoisotopic (exact) mass is 296 g/mol. The number of aryl methyl sites for hydroxylation is 2. The lowest BCUT2D eigenvalue weighted by atomic mass is 10.0. The van der Waals surface area contributed by atoms with Crippen LogP contribution in [0.2, 0.25) is 0 Å². The summed E-state index contributed by atoms with van der Waals surface area (Å²) in [5, 5.41) is 3.77. The van der Waals surface area contributed by atoms with E-state index in [0.29, 0.717) is 0 Å². The second-order valence-electron chi connectivity index (χ2n) is 6.28. The number of pyridine rings is 1. The lowest BCUT2D eigenvalue weighted by Gasteiger charge is -2.09. The molecule has 0 saturated carbocycles. The molecule has 0 aliphatic rings. The highest BCUT2D eigenvalue weighted by molar-refractivity contribution is 6.14. The van der Waals surface area contributed by atoms with Crippen LogP contribution in [0.3, 0.4) is 0 Å². The van der Waals surface area contributed by atoms with Crippen LogP contribution < -0.4 is 0 Å². The Hall–Kier alpha value is -2.87. The van der Waals surface area contributed by atoms with Gasteiger partial charge in [0.05, 0.1) is 16.6 Å². The van der Waals surface area contributed by atoms with Crippen molar-refractivity contribution in [1.82, 2.24) is 9.38 Å². The number of rotatable bonds is 0. The molecule has 0 fully saturated rings. The molecule has 5 aromatic rings. The summed E-state index contributed by atoms with van der Waals surface area (Å²) < 4.78 is 2.30. The van der Waals surface area contributed by atoms with E-state index in [9.17, 15) is 0 Å². The molecule has 3 aromatic carbocycles. The van der Waals surface area contributed by atoms with Crippen molar-refractivity contribution in [1.29, 1.82) is 0 Å². The van der Waals surface area contributed by atoms with Crippen molar-refractivity contribution >= 4 is 38.4 Å². The quantitative estimate of drug-likeness (QED) is 0.349. The number of para-hydroxylation sites is 2. The average molecular weight is 296 g/mol. The van der Waals surface area contributed by atoms with Crippen LogP contribution in [0, 0.1) is 13.8 Å². The molecule has 0 atom stereocenters. The summed E-state index contributed by atoms with van der Waals surface area (Å²) in [4.78, 5) is 5.00. The number of fused-ring (bicyclic) bond motifs is 8. The van der Waals surface area contributed by atoms with E-state index in [1.54, 1.807) is 0 Å².